The van der Waals surface area contributed by atoms with Crippen molar-refractivity contribution in [2.45, 2.75) is 13.1 Å². The quantitative estimate of drug-likeness (QED) is 0.771. The van der Waals surface area contributed by atoms with Gasteiger partial charge in [0.25, 0.3) is 0 Å². The van der Waals surface area contributed by atoms with E-state index in [4.69, 9.17) is 0 Å². The molecule has 0 saturated heterocycles. The van der Waals surface area contributed by atoms with E-state index in [1.165, 1.54) is 12.3 Å². The van der Waals surface area contributed by atoms with Gasteiger partial charge in [0, 0.05) is 0 Å². The van der Waals surface area contributed by atoms with Crippen LogP contribution in [-0.2, 0) is 6.18 Å². The number of hydrogen-bond acceptors (Lipinski definition) is 1. The first-order valence-corrected chi connectivity index (χ1v) is 4.00. The average molecular weight is 201 g/mol. The fraction of sp³-hybridized carbons (Fsp3) is 0.200. The molecule has 0 aliphatic heterocycles. The highest BCUT2D eigenvalue weighted by Gasteiger charge is 2.33. The van der Waals surface area contributed by atoms with Crippen molar-refractivity contribution in [1.82, 2.24) is 0 Å². The summed E-state index contributed by atoms with van der Waals surface area (Å²) in [7, 11) is 0. The fourth-order valence-electron chi connectivity index (χ4n) is 1.13. The number of alkyl halides is 3. The number of nitrogens with one attached hydrogen (secondary N) is 1. The van der Waals surface area contributed by atoms with Crippen molar-refractivity contribution in [3.8, 4) is 0 Å². The summed E-state index contributed by atoms with van der Waals surface area (Å²) >= 11 is 0. The third-order valence-corrected chi connectivity index (χ3v) is 1.74. The second kappa shape index (κ2) is 3.74. The summed E-state index contributed by atoms with van der Waals surface area (Å²) in [6.07, 6.45) is -3.11. The summed E-state index contributed by atoms with van der Waals surface area (Å²) < 4.78 is 37.4. The molecule has 0 atom stereocenters. The molecule has 1 rings (SSSR count). The molecule has 0 spiro atoms. The predicted octanol–water partition coefficient (Wildman–Crippen LogP) is 3.57. The first-order chi connectivity index (χ1) is 6.45. The standard InChI is InChI=1S/C10H10F3N/c1-3-14-9-5-4-7(2)6-8(9)10(11,12)13/h3-6,14H,1H2,2H3. The van der Waals surface area contributed by atoms with Crippen LogP contribution in [-0.4, -0.2) is 0 Å². The average Bonchev–Trinajstić information content (AvgIpc) is 2.07. The Morgan fingerprint density at radius 3 is 2.50 bits per heavy atom. The summed E-state index contributed by atoms with van der Waals surface area (Å²) in [6.45, 7) is 4.94. The first kappa shape index (κ1) is 10.6. The highest BCUT2D eigenvalue weighted by atomic mass is 19.4. The van der Waals surface area contributed by atoms with Crippen molar-refractivity contribution in [3.63, 3.8) is 0 Å². The van der Waals surface area contributed by atoms with Crippen molar-refractivity contribution < 1.29 is 13.2 Å². The first-order valence-electron chi connectivity index (χ1n) is 4.00. The van der Waals surface area contributed by atoms with Gasteiger partial charge in [-0.3, -0.25) is 0 Å². The van der Waals surface area contributed by atoms with Crippen LogP contribution in [0.3, 0.4) is 0 Å². The molecule has 14 heavy (non-hydrogen) atoms. The maximum Gasteiger partial charge on any atom is 0.418 e. The highest BCUT2D eigenvalue weighted by molar-refractivity contribution is 5.55. The van der Waals surface area contributed by atoms with Gasteiger partial charge in [0.15, 0.2) is 0 Å². The molecule has 0 saturated carbocycles. The zero-order chi connectivity index (χ0) is 10.8. The van der Waals surface area contributed by atoms with Crippen LogP contribution in [0, 0.1) is 6.92 Å². The third kappa shape index (κ3) is 2.28. The number of anilines is 1. The van der Waals surface area contributed by atoms with Gasteiger partial charge >= 0.3 is 6.18 Å². The molecule has 0 aromatic heterocycles. The monoisotopic (exact) mass is 201 g/mol. The second-order valence-electron chi connectivity index (χ2n) is 2.90. The lowest BCUT2D eigenvalue weighted by Crippen LogP contribution is -2.08. The summed E-state index contributed by atoms with van der Waals surface area (Å²) in [5, 5.41) is 2.45. The number of rotatable bonds is 2. The molecule has 0 unspecified atom stereocenters. The van der Waals surface area contributed by atoms with Crippen LogP contribution in [0.2, 0.25) is 0 Å². The van der Waals surface area contributed by atoms with Gasteiger partial charge in [-0.15, -0.1) is 0 Å². The molecule has 0 aliphatic rings. The molecule has 0 fully saturated rings. The van der Waals surface area contributed by atoms with Crippen molar-refractivity contribution in [3.05, 3.63) is 42.1 Å². The van der Waals surface area contributed by atoms with Crippen LogP contribution >= 0.6 is 0 Å². The topological polar surface area (TPSA) is 12.0 Å². The molecule has 1 aromatic rings. The van der Waals surface area contributed by atoms with E-state index in [1.54, 1.807) is 13.0 Å². The molecule has 0 aliphatic carbocycles. The molecule has 1 N–H and O–H groups in total. The molecular formula is C10H10F3N. The van der Waals surface area contributed by atoms with Crippen LogP contribution in [0.1, 0.15) is 11.1 Å². The Hall–Kier alpha value is -1.45. The van der Waals surface area contributed by atoms with Gasteiger partial charge in [-0.25, -0.2) is 0 Å². The molecule has 4 heteroatoms. The van der Waals surface area contributed by atoms with E-state index in [0.29, 0.717) is 5.56 Å². The number of hydrogen-bond donors (Lipinski definition) is 1. The van der Waals surface area contributed by atoms with Crippen molar-refractivity contribution in [2.75, 3.05) is 5.32 Å². The van der Waals surface area contributed by atoms with E-state index in [-0.39, 0.29) is 5.69 Å². The van der Waals surface area contributed by atoms with Crippen LogP contribution in [0.15, 0.2) is 31.0 Å². The third-order valence-electron chi connectivity index (χ3n) is 1.74. The smallest absolute Gasteiger partial charge is 0.362 e. The van der Waals surface area contributed by atoms with Gasteiger partial charge in [-0.05, 0) is 25.3 Å². The van der Waals surface area contributed by atoms with Crippen LogP contribution in [0.5, 0.6) is 0 Å². The SMILES string of the molecule is C=CNc1ccc(C)cc1C(F)(F)F. The number of benzene rings is 1. The van der Waals surface area contributed by atoms with Crippen molar-refractivity contribution >= 4 is 5.69 Å². The molecule has 0 amide bonds. The lowest BCUT2D eigenvalue weighted by Gasteiger charge is -2.13. The van der Waals surface area contributed by atoms with E-state index in [2.05, 4.69) is 11.9 Å². The Morgan fingerprint density at radius 1 is 1.36 bits per heavy atom. The fourth-order valence-corrected chi connectivity index (χ4v) is 1.13. The minimum absolute atomic E-state index is 0.0260. The lowest BCUT2D eigenvalue weighted by molar-refractivity contribution is -0.137. The zero-order valence-corrected chi connectivity index (χ0v) is 7.65. The van der Waals surface area contributed by atoms with Crippen molar-refractivity contribution in [1.29, 1.82) is 0 Å². The number of aryl methyl sites for hydroxylation is 1. The Balaban J connectivity index is 3.22. The Morgan fingerprint density at radius 2 is 2.00 bits per heavy atom. The lowest BCUT2D eigenvalue weighted by atomic mass is 10.1. The minimum atomic E-state index is -4.34. The maximum atomic E-state index is 12.5. The Kier molecular flexibility index (Phi) is 2.84. The maximum absolute atomic E-state index is 12.5. The molecule has 0 heterocycles. The van der Waals surface area contributed by atoms with Crippen LogP contribution in [0.4, 0.5) is 18.9 Å². The molecular weight excluding hydrogens is 191 g/mol. The summed E-state index contributed by atoms with van der Waals surface area (Å²) in [6, 6.07) is 4.10. The molecule has 0 bridgehead atoms. The van der Waals surface area contributed by atoms with Gasteiger partial charge in [0.1, 0.15) is 0 Å². The van der Waals surface area contributed by atoms with E-state index < -0.39 is 11.7 Å². The Labute approximate surface area is 80.2 Å². The predicted molar refractivity (Wildman–Crippen MR) is 50.0 cm³/mol. The molecule has 76 valence electrons. The van der Waals surface area contributed by atoms with Crippen molar-refractivity contribution in [2.24, 2.45) is 0 Å². The van der Waals surface area contributed by atoms with Gasteiger partial charge < -0.3 is 5.32 Å². The van der Waals surface area contributed by atoms with Gasteiger partial charge in [-0.1, -0.05) is 18.2 Å². The summed E-state index contributed by atoms with van der Waals surface area (Å²) in [5.41, 5.74) is -0.0672. The van der Waals surface area contributed by atoms with E-state index in [9.17, 15) is 13.2 Å². The molecule has 1 nitrogen and oxygen atoms in total. The summed E-state index contributed by atoms with van der Waals surface area (Å²) in [5.74, 6) is 0. The molecule has 0 radical (unpaired) electrons. The van der Waals surface area contributed by atoms with Crippen LogP contribution < -0.4 is 5.32 Å². The van der Waals surface area contributed by atoms with Gasteiger partial charge in [-0.2, -0.15) is 13.2 Å². The zero-order valence-electron chi connectivity index (χ0n) is 7.65. The van der Waals surface area contributed by atoms with E-state index in [1.807, 2.05) is 0 Å². The Bertz CT molecular complexity index is 342. The van der Waals surface area contributed by atoms with Crippen LogP contribution in [0.25, 0.3) is 0 Å². The second-order valence-corrected chi connectivity index (χ2v) is 2.90. The molecule has 1 aromatic carbocycles. The normalized spacial score (nSPS) is 11.1. The van der Waals surface area contributed by atoms with E-state index >= 15 is 0 Å². The minimum Gasteiger partial charge on any atom is -0.362 e. The van der Waals surface area contributed by atoms with Gasteiger partial charge in [0.2, 0.25) is 0 Å². The summed E-state index contributed by atoms with van der Waals surface area (Å²) in [4.78, 5) is 0. The number of halogens is 3. The highest BCUT2D eigenvalue weighted by Crippen LogP contribution is 2.35. The van der Waals surface area contributed by atoms with Gasteiger partial charge in [0.05, 0.1) is 11.3 Å². The van der Waals surface area contributed by atoms with E-state index in [0.717, 1.165) is 6.07 Å². The largest absolute Gasteiger partial charge is 0.418 e.